The Bertz CT molecular complexity index is 263. The van der Waals surface area contributed by atoms with Gasteiger partial charge in [-0.25, -0.2) is 0 Å². The summed E-state index contributed by atoms with van der Waals surface area (Å²) < 4.78 is 0. The lowest BCUT2D eigenvalue weighted by Gasteiger charge is -2.27. The third-order valence-electron chi connectivity index (χ3n) is 2.72. The van der Waals surface area contributed by atoms with Crippen molar-refractivity contribution in [3.05, 3.63) is 24.0 Å². The van der Waals surface area contributed by atoms with Crippen LogP contribution in [0.4, 0.5) is 0 Å². The van der Waals surface area contributed by atoms with Gasteiger partial charge in [0, 0.05) is 11.5 Å². The van der Waals surface area contributed by atoms with Gasteiger partial charge in [0.2, 0.25) is 0 Å². The van der Waals surface area contributed by atoms with Crippen LogP contribution in [-0.4, -0.2) is 10.9 Å². The molecule has 72 valence electrons. The number of hydrogen-bond donors (Lipinski definition) is 1. The summed E-state index contributed by atoms with van der Waals surface area (Å²) >= 11 is 0. The van der Waals surface area contributed by atoms with Gasteiger partial charge in [0.15, 0.2) is 5.78 Å². The van der Waals surface area contributed by atoms with E-state index < -0.39 is 0 Å². The molecule has 2 heteroatoms. The Morgan fingerprint density at radius 2 is 2.31 bits per heavy atom. The van der Waals surface area contributed by atoms with Gasteiger partial charge in [0.05, 0.1) is 6.26 Å². The molecule has 0 bridgehead atoms. The zero-order valence-electron chi connectivity index (χ0n) is 8.21. The standard InChI is InChI=1S/C11H16O2/c1-7(2)9-4-8(3)11(13)10(5-9)6-12/h6,8-9,12H,1,4-5H2,2-3H3/b10-6+/t8-,9+/m1/s1. The van der Waals surface area contributed by atoms with Crippen molar-refractivity contribution in [2.45, 2.75) is 26.7 Å². The monoisotopic (exact) mass is 180 g/mol. The van der Waals surface area contributed by atoms with Crippen molar-refractivity contribution < 1.29 is 9.90 Å². The fourth-order valence-electron chi connectivity index (χ4n) is 1.79. The molecule has 0 unspecified atom stereocenters. The Labute approximate surface area is 79.0 Å². The number of rotatable bonds is 1. The van der Waals surface area contributed by atoms with Crippen molar-refractivity contribution in [1.82, 2.24) is 0 Å². The van der Waals surface area contributed by atoms with Crippen LogP contribution in [0.1, 0.15) is 26.7 Å². The average Bonchev–Trinajstić information content (AvgIpc) is 2.09. The zero-order valence-corrected chi connectivity index (χ0v) is 8.21. The van der Waals surface area contributed by atoms with Crippen LogP contribution in [-0.2, 0) is 4.79 Å². The minimum absolute atomic E-state index is 0.0221. The maximum atomic E-state index is 11.5. The molecule has 0 saturated heterocycles. The van der Waals surface area contributed by atoms with Crippen LogP contribution in [0, 0.1) is 11.8 Å². The molecule has 0 spiro atoms. The maximum Gasteiger partial charge on any atom is 0.164 e. The number of hydrogen-bond acceptors (Lipinski definition) is 2. The van der Waals surface area contributed by atoms with Gasteiger partial charge in [-0.15, -0.1) is 0 Å². The number of aliphatic hydroxyl groups is 1. The molecule has 0 heterocycles. The van der Waals surface area contributed by atoms with Crippen molar-refractivity contribution in [3.8, 4) is 0 Å². The van der Waals surface area contributed by atoms with E-state index in [-0.39, 0.29) is 11.7 Å². The molecule has 1 aliphatic rings. The number of Topliss-reactive ketones (excluding diaryl/α,β-unsaturated/α-hetero) is 1. The van der Waals surface area contributed by atoms with Crippen LogP contribution >= 0.6 is 0 Å². The van der Waals surface area contributed by atoms with Crippen LogP contribution < -0.4 is 0 Å². The highest BCUT2D eigenvalue weighted by Gasteiger charge is 2.29. The summed E-state index contributed by atoms with van der Waals surface area (Å²) in [5.74, 6) is 0.458. The second-order valence-electron chi connectivity index (χ2n) is 3.90. The molecule has 0 aliphatic heterocycles. The van der Waals surface area contributed by atoms with Gasteiger partial charge in [-0.3, -0.25) is 4.79 Å². The van der Waals surface area contributed by atoms with Crippen LogP contribution in [0.3, 0.4) is 0 Å². The normalized spacial score (nSPS) is 32.2. The Balaban J connectivity index is 2.81. The maximum absolute atomic E-state index is 11.5. The molecule has 1 saturated carbocycles. The van der Waals surface area contributed by atoms with Gasteiger partial charge < -0.3 is 5.11 Å². The SMILES string of the molecule is C=C(C)[C@@H]1C/C(=C\O)C(=O)[C@H](C)C1. The smallest absolute Gasteiger partial charge is 0.164 e. The number of ketones is 1. The molecule has 13 heavy (non-hydrogen) atoms. The fraction of sp³-hybridized carbons (Fsp3) is 0.545. The summed E-state index contributed by atoms with van der Waals surface area (Å²) in [7, 11) is 0. The van der Waals surface area contributed by atoms with Crippen LogP contribution in [0.5, 0.6) is 0 Å². The predicted molar refractivity (Wildman–Crippen MR) is 52.4 cm³/mol. The third-order valence-corrected chi connectivity index (χ3v) is 2.72. The molecule has 0 aromatic heterocycles. The van der Waals surface area contributed by atoms with Gasteiger partial charge in [-0.2, -0.15) is 0 Å². The second kappa shape index (κ2) is 3.77. The second-order valence-corrected chi connectivity index (χ2v) is 3.90. The minimum atomic E-state index is 0.0221. The number of carbonyl (C=O) groups excluding carboxylic acids is 1. The predicted octanol–water partition coefficient (Wildman–Crippen LogP) is 2.62. The molecule has 0 aromatic rings. The first-order chi connectivity index (χ1) is 6.06. The molecule has 0 aromatic carbocycles. The largest absolute Gasteiger partial charge is 0.515 e. The Morgan fingerprint density at radius 3 is 2.77 bits per heavy atom. The van der Waals surface area contributed by atoms with E-state index in [1.807, 2.05) is 13.8 Å². The van der Waals surface area contributed by atoms with Gasteiger partial charge in [-0.05, 0) is 25.7 Å². The van der Waals surface area contributed by atoms with Crippen LogP contribution in [0.25, 0.3) is 0 Å². The highest BCUT2D eigenvalue weighted by molar-refractivity contribution is 5.97. The molecule has 0 amide bonds. The molecular weight excluding hydrogens is 164 g/mol. The van der Waals surface area contributed by atoms with Crippen LogP contribution in [0.2, 0.25) is 0 Å². The van der Waals surface area contributed by atoms with Crippen molar-refractivity contribution in [3.63, 3.8) is 0 Å². The lowest BCUT2D eigenvalue weighted by atomic mass is 9.76. The summed E-state index contributed by atoms with van der Waals surface area (Å²) in [6, 6.07) is 0. The first-order valence-corrected chi connectivity index (χ1v) is 4.59. The van der Waals surface area contributed by atoms with Crippen molar-refractivity contribution in [2.24, 2.45) is 11.8 Å². The van der Waals surface area contributed by atoms with E-state index in [1.54, 1.807) is 0 Å². The summed E-state index contributed by atoms with van der Waals surface area (Å²) in [5, 5.41) is 8.87. The van der Waals surface area contributed by atoms with E-state index in [2.05, 4.69) is 6.58 Å². The van der Waals surface area contributed by atoms with Crippen molar-refractivity contribution in [1.29, 1.82) is 0 Å². The van der Waals surface area contributed by atoms with Crippen molar-refractivity contribution in [2.75, 3.05) is 0 Å². The molecular formula is C11H16O2. The zero-order chi connectivity index (χ0) is 10.0. The number of carbonyl (C=O) groups is 1. The van der Waals surface area contributed by atoms with Gasteiger partial charge in [-0.1, -0.05) is 19.1 Å². The van der Waals surface area contributed by atoms with E-state index >= 15 is 0 Å². The van der Waals surface area contributed by atoms with E-state index in [0.717, 1.165) is 18.3 Å². The Hall–Kier alpha value is -1.05. The molecule has 2 nitrogen and oxygen atoms in total. The Kier molecular flexibility index (Phi) is 2.91. The summed E-state index contributed by atoms with van der Waals surface area (Å²) in [6.07, 6.45) is 2.47. The fourth-order valence-corrected chi connectivity index (χ4v) is 1.79. The number of aliphatic hydroxyl groups excluding tert-OH is 1. The van der Waals surface area contributed by atoms with E-state index in [1.165, 1.54) is 0 Å². The van der Waals surface area contributed by atoms with Gasteiger partial charge in [0.1, 0.15) is 0 Å². The highest BCUT2D eigenvalue weighted by Crippen LogP contribution is 2.33. The number of allylic oxidation sites excluding steroid dienone is 2. The summed E-state index contributed by atoms with van der Waals surface area (Å²) in [4.78, 5) is 11.5. The third kappa shape index (κ3) is 2.00. The minimum Gasteiger partial charge on any atom is -0.515 e. The lowest BCUT2D eigenvalue weighted by Crippen LogP contribution is -2.25. The Morgan fingerprint density at radius 1 is 1.69 bits per heavy atom. The van der Waals surface area contributed by atoms with Crippen LogP contribution in [0.15, 0.2) is 24.0 Å². The lowest BCUT2D eigenvalue weighted by molar-refractivity contribution is -0.120. The molecule has 0 radical (unpaired) electrons. The quantitative estimate of drug-likeness (QED) is 0.382. The molecule has 2 atom stereocenters. The average molecular weight is 180 g/mol. The van der Waals surface area contributed by atoms with E-state index in [0.29, 0.717) is 17.9 Å². The molecule has 1 rings (SSSR count). The first-order valence-electron chi connectivity index (χ1n) is 4.59. The topological polar surface area (TPSA) is 37.3 Å². The first kappa shape index (κ1) is 10.0. The van der Waals surface area contributed by atoms with Crippen molar-refractivity contribution >= 4 is 5.78 Å². The van der Waals surface area contributed by atoms with Gasteiger partial charge >= 0.3 is 0 Å². The molecule has 1 fully saturated rings. The molecule has 1 N–H and O–H groups in total. The summed E-state index contributed by atoms with van der Waals surface area (Å²) in [6.45, 7) is 7.76. The van der Waals surface area contributed by atoms with Gasteiger partial charge in [0.25, 0.3) is 0 Å². The van der Waals surface area contributed by atoms with E-state index in [9.17, 15) is 4.79 Å². The van der Waals surface area contributed by atoms with E-state index in [4.69, 9.17) is 5.11 Å². The molecule has 1 aliphatic carbocycles. The summed E-state index contributed by atoms with van der Waals surface area (Å²) in [5.41, 5.74) is 1.64. The highest BCUT2D eigenvalue weighted by atomic mass is 16.2.